The summed E-state index contributed by atoms with van der Waals surface area (Å²) in [6.45, 7) is 3.95. The van der Waals surface area contributed by atoms with Gasteiger partial charge in [0.1, 0.15) is 0 Å². The maximum absolute atomic E-state index is 12.0. The van der Waals surface area contributed by atoms with E-state index in [4.69, 9.17) is 4.42 Å². The van der Waals surface area contributed by atoms with Crippen molar-refractivity contribution in [1.82, 2.24) is 5.43 Å². The third kappa shape index (κ3) is 6.20. The van der Waals surface area contributed by atoms with Gasteiger partial charge in [0.25, 0.3) is 5.91 Å². The van der Waals surface area contributed by atoms with Gasteiger partial charge in [-0.3, -0.25) is 9.59 Å². The highest BCUT2D eigenvalue weighted by molar-refractivity contribution is 6.04. The molecule has 0 aliphatic rings. The lowest BCUT2D eigenvalue weighted by Crippen LogP contribution is -2.19. The number of nitrogens with zero attached hydrogens (tertiary/aromatic N) is 1. The van der Waals surface area contributed by atoms with Gasteiger partial charge in [-0.25, -0.2) is 5.43 Å². The number of carbonyl (C=O) groups excluding carboxylic acids is 2. The minimum Gasteiger partial charge on any atom is -0.459 e. The number of furan rings is 1. The third-order valence-electron chi connectivity index (χ3n) is 3.89. The average Bonchev–Trinajstić information content (AvgIpc) is 3.18. The standard InChI is InChI=1S/C20H25N3O3/c1-3-4-5-6-12-19(24)23-22-15(2)16-9-7-10-17(14-16)21-20(25)18-11-8-13-26-18/h7-11,13-14H,3-6,12H2,1-2H3,(H,21,25)(H,23,24)/b22-15+. The lowest BCUT2D eigenvalue weighted by atomic mass is 10.1. The number of amides is 2. The van der Waals surface area contributed by atoms with Crippen LogP contribution in [0.15, 0.2) is 52.2 Å². The van der Waals surface area contributed by atoms with Crippen LogP contribution in [0.4, 0.5) is 5.69 Å². The predicted molar refractivity (Wildman–Crippen MR) is 102 cm³/mol. The summed E-state index contributed by atoms with van der Waals surface area (Å²) in [5.74, 6) is -0.152. The Balaban J connectivity index is 1.91. The summed E-state index contributed by atoms with van der Waals surface area (Å²) in [5.41, 5.74) is 4.70. The number of unbranched alkanes of at least 4 members (excludes halogenated alkanes) is 3. The van der Waals surface area contributed by atoms with Gasteiger partial charge in [0, 0.05) is 12.1 Å². The Bertz CT molecular complexity index is 751. The van der Waals surface area contributed by atoms with E-state index < -0.39 is 0 Å². The van der Waals surface area contributed by atoms with Gasteiger partial charge >= 0.3 is 0 Å². The van der Waals surface area contributed by atoms with Crippen molar-refractivity contribution < 1.29 is 14.0 Å². The Morgan fingerprint density at radius 1 is 1.12 bits per heavy atom. The number of carbonyl (C=O) groups is 2. The minimum absolute atomic E-state index is 0.0808. The molecular formula is C20H25N3O3. The van der Waals surface area contributed by atoms with Crippen LogP contribution in [0.3, 0.4) is 0 Å². The summed E-state index contributed by atoms with van der Waals surface area (Å²) in [5, 5.41) is 6.92. The van der Waals surface area contributed by atoms with Gasteiger partial charge in [0.2, 0.25) is 5.91 Å². The first-order valence-electron chi connectivity index (χ1n) is 8.88. The van der Waals surface area contributed by atoms with Gasteiger partial charge in [0.05, 0.1) is 12.0 Å². The lowest BCUT2D eigenvalue weighted by molar-refractivity contribution is -0.121. The molecule has 0 aliphatic carbocycles. The van der Waals surface area contributed by atoms with Gasteiger partial charge in [-0.1, -0.05) is 38.3 Å². The van der Waals surface area contributed by atoms with Gasteiger partial charge < -0.3 is 9.73 Å². The molecule has 0 saturated heterocycles. The molecule has 0 fully saturated rings. The molecule has 0 atom stereocenters. The average molecular weight is 355 g/mol. The maximum Gasteiger partial charge on any atom is 0.291 e. The Morgan fingerprint density at radius 3 is 2.69 bits per heavy atom. The van der Waals surface area contributed by atoms with Gasteiger partial charge in [-0.05, 0) is 43.2 Å². The van der Waals surface area contributed by atoms with E-state index in [-0.39, 0.29) is 17.6 Å². The molecule has 6 heteroatoms. The lowest BCUT2D eigenvalue weighted by Gasteiger charge is -2.07. The van der Waals surface area contributed by atoms with E-state index >= 15 is 0 Å². The molecule has 2 rings (SSSR count). The van der Waals surface area contributed by atoms with E-state index in [0.717, 1.165) is 31.2 Å². The molecular weight excluding hydrogens is 330 g/mol. The first kappa shape index (κ1) is 19.4. The quantitative estimate of drug-likeness (QED) is 0.399. The molecule has 0 radical (unpaired) electrons. The Hall–Kier alpha value is -2.89. The molecule has 0 bridgehead atoms. The molecule has 0 aliphatic heterocycles. The zero-order chi connectivity index (χ0) is 18.8. The number of benzene rings is 1. The van der Waals surface area contributed by atoms with Crippen molar-refractivity contribution in [3.8, 4) is 0 Å². The second-order valence-electron chi connectivity index (χ2n) is 6.06. The zero-order valence-corrected chi connectivity index (χ0v) is 15.2. The molecule has 2 N–H and O–H groups in total. The van der Waals surface area contributed by atoms with E-state index in [9.17, 15) is 9.59 Å². The Morgan fingerprint density at radius 2 is 1.96 bits per heavy atom. The number of nitrogens with one attached hydrogen (secondary N) is 2. The van der Waals surface area contributed by atoms with E-state index in [1.165, 1.54) is 6.26 Å². The largest absolute Gasteiger partial charge is 0.459 e. The summed E-state index contributed by atoms with van der Waals surface area (Å²) in [7, 11) is 0. The van der Waals surface area contributed by atoms with Crippen LogP contribution in [0, 0.1) is 0 Å². The van der Waals surface area contributed by atoms with Crippen molar-refractivity contribution in [3.63, 3.8) is 0 Å². The molecule has 6 nitrogen and oxygen atoms in total. The van der Waals surface area contributed by atoms with Crippen molar-refractivity contribution in [1.29, 1.82) is 0 Å². The molecule has 1 heterocycles. The predicted octanol–water partition coefficient (Wildman–Crippen LogP) is 4.34. The van der Waals surface area contributed by atoms with Crippen LogP contribution in [0.25, 0.3) is 0 Å². The smallest absolute Gasteiger partial charge is 0.291 e. The zero-order valence-electron chi connectivity index (χ0n) is 15.2. The maximum atomic E-state index is 12.0. The van der Waals surface area contributed by atoms with E-state index in [1.807, 2.05) is 19.1 Å². The highest BCUT2D eigenvalue weighted by Gasteiger charge is 2.09. The van der Waals surface area contributed by atoms with Crippen LogP contribution in [0.2, 0.25) is 0 Å². The summed E-state index contributed by atoms with van der Waals surface area (Å²) in [6, 6.07) is 10.5. The second-order valence-corrected chi connectivity index (χ2v) is 6.06. The van der Waals surface area contributed by atoms with E-state index in [2.05, 4.69) is 22.8 Å². The topological polar surface area (TPSA) is 83.7 Å². The van der Waals surface area contributed by atoms with Gasteiger partial charge in [-0.2, -0.15) is 5.10 Å². The SMILES string of the molecule is CCCCCCC(=O)N/N=C(\C)c1cccc(NC(=O)c2ccco2)c1. The van der Waals surface area contributed by atoms with Crippen LogP contribution in [-0.2, 0) is 4.79 Å². The van der Waals surface area contributed by atoms with Crippen LogP contribution in [0.5, 0.6) is 0 Å². The Kier molecular flexibility index (Phi) is 7.61. The van der Waals surface area contributed by atoms with Crippen molar-refractivity contribution in [2.24, 2.45) is 5.10 Å². The van der Waals surface area contributed by atoms with Crippen LogP contribution >= 0.6 is 0 Å². The minimum atomic E-state index is -0.317. The third-order valence-corrected chi connectivity index (χ3v) is 3.89. The number of hydrogen-bond donors (Lipinski definition) is 2. The molecule has 1 aromatic carbocycles. The number of rotatable bonds is 9. The fourth-order valence-electron chi connectivity index (χ4n) is 2.40. The number of anilines is 1. The highest BCUT2D eigenvalue weighted by Crippen LogP contribution is 2.13. The summed E-state index contributed by atoms with van der Waals surface area (Å²) < 4.78 is 5.07. The molecule has 0 unspecified atom stereocenters. The normalized spacial score (nSPS) is 11.2. The highest BCUT2D eigenvalue weighted by atomic mass is 16.3. The van der Waals surface area contributed by atoms with Gasteiger partial charge in [-0.15, -0.1) is 0 Å². The van der Waals surface area contributed by atoms with Crippen LogP contribution in [0.1, 0.15) is 62.1 Å². The van der Waals surface area contributed by atoms with Crippen molar-refractivity contribution >= 4 is 23.2 Å². The molecule has 1 aromatic heterocycles. The molecule has 138 valence electrons. The molecule has 26 heavy (non-hydrogen) atoms. The van der Waals surface area contributed by atoms with Crippen molar-refractivity contribution in [3.05, 3.63) is 54.0 Å². The number of hydrogen-bond acceptors (Lipinski definition) is 4. The van der Waals surface area contributed by atoms with E-state index in [0.29, 0.717) is 17.8 Å². The summed E-state index contributed by atoms with van der Waals surface area (Å²) >= 11 is 0. The Labute approximate surface area is 153 Å². The fraction of sp³-hybridized carbons (Fsp3) is 0.350. The van der Waals surface area contributed by atoms with Crippen molar-refractivity contribution in [2.45, 2.75) is 46.0 Å². The second kappa shape index (κ2) is 10.2. The number of hydrazone groups is 1. The van der Waals surface area contributed by atoms with Crippen molar-refractivity contribution in [2.75, 3.05) is 5.32 Å². The van der Waals surface area contributed by atoms with E-state index in [1.54, 1.807) is 24.3 Å². The monoisotopic (exact) mass is 355 g/mol. The molecule has 0 saturated carbocycles. The molecule has 2 amide bonds. The molecule has 2 aromatic rings. The first-order valence-corrected chi connectivity index (χ1v) is 8.88. The fourth-order valence-corrected chi connectivity index (χ4v) is 2.40. The van der Waals surface area contributed by atoms with Gasteiger partial charge in [0.15, 0.2) is 5.76 Å². The van der Waals surface area contributed by atoms with Crippen LogP contribution < -0.4 is 10.7 Å². The molecule has 0 spiro atoms. The first-order chi connectivity index (χ1) is 12.6. The van der Waals surface area contributed by atoms with Crippen LogP contribution in [-0.4, -0.2) is 17.5 Å². The summed E-state index contributed by atoms with van der Waals surface area (Å²) in [6.07, 6.45) is 6.16. The summed E-state index contributed by atoms with van der Waals surface area (Å²) in [4.78, 5) is 23.8.